The molecule has 0 saturated carbocycles. The van der Waals surface area contributed by atoms with E-state index in [1.54, 1.807) is 0 Å². The Labute approximate surface area is 107 Å². The molecule has 1 aromatic rings. The average molecular weight is 309 g/mol. The van der Waals surface area contributed by atoms with Crippen molar-refractivity contribution in [2.45, 2.75) is 26.4 Å². The molecule has 0 aliphatic heterocycles. The van der Waals surface area contributed by atoms with E-state index >= 15 is 0 Å². The summed E-state index contributed by atoms with van der Waals surface area (Å²) in [7, 11) is 0. The van der Waals surface area contributed by atoms with Gasteiger partial charge in [-0.25, -0.2) is 0 Å². The van der Waals surface area contributed by atoms with Gasteiger partial charge in [-0.05, 0) is 26.8 Å². The zero-order chi connectivity index (χ0) is 12.5. The van der Waals surface area contributed by atoms with Gasteiger partial charge in [-0.3, -0.25) is 10.1 Å². The SMILES string of the molecule is CC(C)(C)Oc1cc(Br)cc(Cl)c1[N+](=O)[O-]. The van der Waals surface area contributed by atoms with Gasteiger partial charge in [-0.2, -0.15) is 0 Å². The Hall–Kier alpha value is -0.810. The van der Waals surface area contributed by atoms with Crippen LogP contribution in [0, 0.1) is 10.1 Å². The minimum Gasteiger partial charge on any atom is -0.481 e. The van der Waals surface area contributed by atoms with Gasteiger partial charge in [0.05, 0.1) is 4.92 Å². The number of nitro benzene ring substituents is 1. The Kier molecular flexibility index (Phi) is 3.80. The Balaban J connectivity index is 3.30. The second-order valence-corrected chi connectivity index (χ2v) is 5.53. The van der Waals surface area contributed by atoms with Crippen molar-refractivity contribution < 1.29 is 9.66 Å². The lowest BCUT2D eigenvalue weighted by atomic mass is 10.2. The van der Waals surface area contributed by atoms with Crippen molar-refractivity contribution in [3.8, 4) is 5.75 Å². The topological polar surface area (TPSA) is 52.4 Å². The Morgan fingerprint density at radius 1 is 1.44 bits per heavy atom. The van der Waals surface area contributed by atoms with Crippen LogP contribution < -0.4 is 4.74 Å². The van der Waals surface area contributed by atoms with Crippen LogP contribution in [0.4, 0.5) is 5.69 Å². The Morgan fingerprint density at radius 2 is 2.00 bits per heavy atom. The number of rotatable bonds is 2. The van der Waals surface area contributed by atoms with Crippen molar-refractivity contribution in [2.24, 2.45) is 0 Å². The lowest BCUT2D eigenvalue weighted by molar-refractivity contribution is -0.386. The molecule has 0 unspecified atom stereocenters. The molecule has 1 rings (SSSR count). The molecule has 16 heavy (non-hydrogen) atoms. The molecule has 0 radical (unpaired) electrons. The molecule has 0 heterocycles. The third-order valence-corrected chi connectivity index (χ3v) is 2.34. The van der Waals surface area contributed by atoms with E-state index in [1.165, 1.54) is 12.1 Å². The first kappa shape index (κ1) is 13.3. The van der Waals surface area contributed by atoms with Crippen LogP contribution in [0.15, 0.2) is 16.6 Å². The monoisotopic (exact) mass is 307 g/mol. The van der Waals surface area contributed by atoms with E-state index in [9.17, 15) is 10.1 Å². The van der Waals surface area contributed by atoms with Crippen LogP contribution in [0.1, 0.15) is 20.8 Å². The fourth-order valence-electron chi connectivity index (χ4n) is 1.13. The highest BCUT2D eigenvalue weighted by molar-refractivity contribution is 9.10. The van der Waals surface area contributed by atoms with Crippen molar-refractivity contribution in [1.29, 1.82) is 0 Å². The molecular weight excluding hydrogens is 297 g/mol. The molecule has 0 aromatic heterocycles. The fraction of sp³-hybridized carbons (Fsp3) is 0.400. The summed E-state index contributed by atoms with van der Waals surface area (Å²) in [5.74, 6) is 0.164. The van der Waals surface area contributed by atoms with E-state index in [1.807, 2.05) is 20.8 Å². The summed E-state index contributed by atoms with van der Waals surface area (Å²) in [6, 6.07) is 3.00. The van der Waals surface area contributed by atoms with Crippen molar-refractivity contribution in [3.05, 3.63) is 31.7 Å². The van der Waals surface area contributed by atoms with Gasteiger partial charge in [0.1, 0.15) is 10.6 Å². The molecule has 0 spiro atoms. The zero-order valence-electron chi connectivity index (χ0n) is 9.08. The van der Waals surface area contributed by atoms with Crippen LogP contribution >= 0.6 is 27.5 Å². The summed E-state index contributed by atoms with van der Waals surface area (Å²) >= 11 is 9.02. The molecule has 0 atom stereocenters. The number of hydrogen-bond acceptors (Lipinski definition) is 3. The third kappa shape index (κ3) is 3.35. The van der Waals surface area contributed by atoms with Gasteiger partial charge in [-0.1, -0.05) is 27.5 Å². The number of halogens is 2. The van der Waals surface area contributed by atoms with Gasteiger partial charge in [0.25, 0.3) is 0 Å². The van der Waals surface area contributed by atoms with Crippen LogP contribution in [0.25, 0.3) is 0 Å². The maximum absolute atomic E-state index is 10.9. The minimum atomic E-state index is -0.546. The highest BCUT2D eigenvalue weighted by Gasteiger charge is 2.24. The first-order chi connectivity index (χ1) is 7.20. The van der Waals surface area contributed by atoms with Crippen molar-refractivity contribution >= 4 is 33.2 Å². The normalized spacial score (nSPS) is 11.3. The number of hydrogen-bond donors (Lipinski definition) is 0. The highest BCUT2D eigenvalue weighted by Crippen LogP contribution is 2.39. The third-order valence-electron chi connectivity index (χ3n) is 1.59. The summed E-state index contributed by atoms with van der Waals surface area (Å²) in [6.45, 7) is 5.43. The Bertz CT molecular complexity index is 429. The number of ether oxygens (including phenoxy) is 1. The molecule has 0 aliphatic carbocycles. The summed E-state index contributed by atoms with van der Waals surface area (Å²) in [5.41, 5.74) is -0.727. The minimum absolute atomic E-state index is 0.0543. The van der Waals surface area contributed by atoms with Gasteiger partial charge in [0.15, 0.2) is 5.75 Å². The molecule has 0 fully saturated rings. The molecule has 4 nitrogen and oxygen atoms in total. The first-order valence-corrected chi connectivity index (χ1v) is 5.70. The highest BCUT2D eigenvalue weighted by atomic mass is 79.9. The van der Waals surface area contributed by atoms with Crippen LogP contribution in [0.3, 0.4) is 0 Å². The molecule has 1 aromatic carbocycles. The molecule has 0 N–H and O–H groups in total. The van der Waals surface area contributed by atoms with Crippen LogP contribution in [0.2, 0.25) is 5.02 Å². The van der Waals surface area contributed by atoms with E-state index in [2.05, 4.69) is 15.9 Å². The predicted octanol–water partition coefficient (Wildman–Crippen LogP) is 4.19. The van der Waals surface area contributed by atoms with E-state index in [-0.39, 0.29) is 16.5 Å². The zero-order valence-corrected chi connectivity index (χ0v) is 11.4. The van der Waals surface area contributed by atoms with E-state index in [4.69, 9.17) is 16.3 Å². The molecule has 0 amide bonds. The average Bonchev–Trinajstić information content (AvgIpc) is 1.96. The quantitative estimate of drug-likeness (QED) is 0.608. The first-order valence-electron chi connectivity index (χ1n) is 4.53. The summed E-state index contributed by atoms with van der Waals surface area (Å²) in [4.78, 5) is 10.3. The number of nitrogens with zero attached hydrogens (tertiary/aromatic N) is 1. The molecule has 0 saturated heterocycles. The standard InChI is InChI=1S/C10H11BrClNO3/c1-10(2,3)16-8-5-6(11)4-7(12)9(8)13(14)15/h4-5H,1-3H3. The molecular formula is C10H11BrClNO3. The van der Waals surface area contributed by atoms with Gasteiger partial charge in [0.2, 0.25) is 0 Å². The fourth-order valence-corrected chi connectivity index (χ4v) is 1.98. The number of nitro groups is 1. The maximum Gasteiger partial charge on any atom is 0.329 e. The second-order valence-electron chi connectivity index (χ2n) is 4.21. The molecule has 6 heteroatoms. The van der Waals surface area contributed by atoms with E-state index < -0.39 is 10.5 Å². The van der Waals surface area contributed by atoms with Crippen molar-refractivity contribution in [2.75, 3.05) is 0 Å². The number of benzene rings is 1. The summed E-state index contributed by atoms with van der Waals surface area (Å²) in [5, 5.41) is 10.9. The smallest absolute Gasteiger partial charge is 0.329 e. The maximum atomic E-state index is 10.9. The van der Waals surface area contributed by atoms with Gasteiger partial charge >= 0.3 is 5.69 Å². The van der Waals surface area contributed by atoms with Crippen LogP contribution in [0.5, 0.6) is 5.75 Å². The summed E-state index contributed by atoms with van der Waals surface area (Å²) in [6.07, 6.45) is 0. The lowest BCUT2D eigenvalue weighted by Crippen LogP contribution is -2.23. The molecule has 0 bridgehead atoms. The van der Waals surface area contributed by atoms with E-state index in [0.29, 0.717) is 4.47 Å². The van der Waals surface area contributed by atoms with Gasteiger partial charge in [-0.15, -0.1) is 0 Å². The molecule has 0 aliphatic rings. The van der Waals surface area contributed by atoms with Gasteiger partial charge in [0, 0.05) is 10.5 Å². The largest absolute Gasteiger partial charge is 0.481 e. The van der Waals surface area contributed by atoms with Crippen LogP contribution in [-0.2, 0) is 0 Å². The van der Waals surface area contributed by atoms with Crippen molar-refractivity contribution in [1.82, 2.24) is 0 Å². The summed E-state index contributed by atoms with van der Waals surface area (Å²) < 4.78 is 6.14. The lowest BCUT2D eigenvalue weighted by Gasteiger charge is -2.21. The van der Waals surface area contributed by atoms with E-state index in [0.717, 1.165) is 0 Å². The Morgan fingerprint density at radius 3 is 2.44 bits per heavy atom. The van der Waals surface area contributed by atoms with Crippen LogP contribution in [-0.4, -0.2) is 10.5 Å². The van der Waals surface area contributed by atoms with Gasteiger partial charge < -0.3 is 4.74 Å². The molecule has 88 valence electrons. The van der Waals surface area contributed by atoms with Crippen molar-refractivity contribution in [3.63, 3.8) is 0 Å². The predicted molar refractivity (Wildman–Crippen MR) is 66.2 cm³/mol. The second kappa shape index (κ2) is 4.59.